The molecular formula is C16H18ClN3O4S. The lowest BCUT2D eigenvalue weighted by atomic mass is 10.1. The first-order valence-corrected chi connectivity index (χ1v) is 9.17. The largest absolute Gasteiger partial charge is 0.323 e. The van der Waals surface area contributed by atoms with E-state index < -0.39 is 21.0 Å². The zero-order valence-electron chi connectivity index (χ0n) is 13.7. The highest BCUT2D eigenvalue weighted by Gasteiger charge is 2.24. The minimum atomic E-state index is -3.80. The van der Waals surface area contributed by atoms with E-state index in [-0.39, 0.29) is 17.1 Å². The molecule has 0 aromatic heterocycles. The Hall–Kier alpha value is -2.00. The molecule has 2 N–H and O–H groups in total. The molecule has 0 saturated carbocycles. The molecule has 0 amide bonds. The van der Waals surface area contributed by atoms with Gasteiger partial charge in [-0.1, -0.05) is 23.7 Å². The number of nitro benzene ring substituents is 1. The standard InChI is InChI=1S/C16H18ClN3O4S/c1-11-9-12(3-8-15(11)17)16(18)10-19(2)25(23,24)14-6-4-13(5-7-14)20(21)22/h3-9,16H,10,18H2,1-2H3/t16-/m0/s1. The minimum absolute atomic E-state index is 0.0277. The molecule has 0 aliphatic carbocycles. The van der Waals surface area contributed by atoms with Crippen molar-refractivity contribution in [3.05, 3.63) is 68.7 Å². The molecule has 0 bridgehead atoms. The van der Waals surface area contributed by atoms with Gasteiger partial charge in [0.25, 0.3) is 5.69 Å². The Kier molecular flexibility index (Phi) is 5.79. The number of rotatable bonds is 6. The molecule has 0 spiro atoms. The molecule has 2 aromatic rings. The molecule has 0 aliphatic rings. The molecule has 1 atom stereocenters. The fraction of sp³-hybridized carbons (Fsp3) is 0.250. The fourth-order valence-electron chi connectivity index (χ4n) is 2.30. The van der Waals surface area contributed by atoms with Gasteiger partial charge in [0, 0.05) is 36.8 Å². The maximum atomic E-state index is 12.6. The highest BCUT2D eigenvalue weighted by Crippen LogP contribution is 2.23. The van der Waals surface area contributed by atoms with Crippen LogP contribution >= 0.6 is 11.6 Å². The van der Waals surface area contributed by atoms with Crippen molar-refractivity contribution >= 4 is 27.3 Å². The van der Waals surface area contributed by atoms with Gasteiger partial charge in [-0.25, -0.2) is 8.42 Å². The van der Waals surface area contributed by atoms with Gasteiger partial charge >= 0.3 is 0 Å². The van der Waals surface area contributed by atoms with E-state index in [1.54, 1.807) is 12.1 Å². The van der Waals surface area contributed by atoms with Crippen molar-refractivity contribution in [1.29, 1.82) is 0 Å². The first kappa shape index (κ1) is 19.3. The Balaban J connectivity index is 2.18. The van der Waals surface area contributed by atoms with Crippen LogP contribution in [0.2, 0.25) is 5.02 Å². The van der Waals surface area contributed by atoms with E-state index in [9.17, 15) is 18.5 Å². The summed E-state index contributed by atoms with van der Waals surface area (Å²) in [5.41, 5.74) is 7.57. The van der Waals surface area contributed by atoms with Crippen molar-refractivity contribution in [2.24, 2.45) is 5.73 Å². The second kappa shape index (κ2) is 7.49. The monoisotopic (exact) mass is 383 g/mol. The number of nitro groups is 1. The van der Waals surface area contributed by atoms with Crippen LogP contribution in [-0.4, -0.2) is 31.2 Å². The Morgan fingerprint density at radius 3 is 2.36 bits per heavy atom. The summed E-state index contributed by atoms with van der Waals surface area (Å²) in [6.07, 6.45) is 0. The molecule has 0 heterocycles. The molecule has 0 fully saturated rings. The van der Waals surface area contributed by atoms with E-state index in [1.165, 1.54) is 19.2 Å². The summed E-state index contributed by atoms with van der Waals surface area (Å²) in [5.74, 6) is 0. The number of benzene rings is 2. The van der Waals surface area contributed by atoms with Crippen molar-refractivity contribution in [1.82, 2.24) is 4.31 Å². The summed E-state index contributed by atoms with van der Waals surface area (Å²) in [7, 11) is -2.38. The Labute approximate surface area is 151 Å². The Morgan fingerprint density at radius 1 is 1.24 bits per heavy atom. The van der Waals surface area contributed by atoms with Gasteiger partial charge in [-0.3, -0.25) is 10.1 Å². The average Bonchev–Trinajstić information content (AvgIpc) is 2.57. The highest BCUT2D eigenvalue weighted by atomic mass is 35.5. The number of likely N-dealkylation sites (N-methyl/N-ethyl adjacent to an activating group) is 1. The summed E-state index contributed by atoms with van der Waals surface area (Å²) < 4.78 is 26.3. The maximum Gasteiger partial charge on any atom is 0.269 e. The number of sulfonamides is 1. The number of hydrogen-bond donors (Lipinski definition) is 1. The van der Waals surface area contributed by atoms with Crippen LogP contribution < -0.4 is 5.73 Å². The SMILES string of the molecule is Cc1cc([C@@H](N)CN(C)S(=O)(=O)c2ccc([N+](=O)[O-])cc2)ccc1Cl. The van der Waals surface area contributed by atoms with Crippen molar-refractivity contribution in [2.45, 2.75) is 17.9 Å². The Bertz CT molecular complexity index is 885. The minimum Gasteiger partial charge on any atom is -0.323 e. The average molecular weight is 384 g/mol. The lowest BCUT2D eigenvalue weighted by Gasteiger charge is -2.22. The topological polar surface area (TPSA) is 107 Å². The molecule has 2 rings (SSSR count). The molecule has 9 heteroatoms. The molecule has 0 aliphatic heterocycles. The van der Waals surface area contributed by atoms with Crippen molar-refractivity contribution in [2.75, 3.05) is 13.6 Å². The van der Waals surface area contributed by atoms with Crippen LogP contribution in [0.4, 0.5) is 5.69 Å². The van der Waals surface area contributed by atoms with E-state index in [1.807, 2.05) is 13.0 Å². The van der Waals surface area contributed by atoms with Crippen LogP contribution in [0.25, 0.3) is 0 Å². The summed E-state index contributed by atoms with van der Waals surface area (Å²) >= 11 is 5.98. The van der Waals surface area contributed by atoms with Crippen molar-refractivity contribution in [3.63, 3.8) is 0 Å². The quantitative estimate of drug-likeness (QED) is 0.609. The zero-order chi connectivity index (χ0) is 18.8. The second-order valence-corrected chi connectivity index (χ2v) is 8.10. The van der Waals surface area contributed by atoms with Crippen molar-refractivity contribution in [3.8, 4) is 0 Å². The van der Waals surface area contributed by atoms with E-state index in [2.05, 4.69) is 0 Å². The predicted molar refractivity (Wildman–Crippen MR) is 96.0 cm³/mol. The number of halogens is 1. The van der Waals surface area contributed by atoms with E-state index in [0.29, 0.717) is 5.02 Å². The normalized spacial score (nSPS) is 13.0. The number of non-ortho nitro benzene ring substituents is 1. The molecule has 7 nitrogen and oxygen atoms in total. The molecule has 0 radical (unpaired) electrons. The van der Waals surface area contributed by atoms with Crippen LogP contribution in [0.5, 0.6) is 0 Å². The summed E-state index contributed by atoms with van der Waals surface area (Å²) in [5, 5.41) is 11.3. The highest BCUT2D eigenvalue weighted by molar-refractivity contribution is 7.89. The van der Waals surface area contributed by atoms with Gasteiger partial charge in [0.05, 0.1) is 9.82 Å². The Morgan fingerprint density at radius 2 is 1.84 bits per heavy atom. The molecular weight excluding hydrogens is 366 g/mol. The van der Waals surface area contributed by atoms with Gasteiger partial charge in [0.15, 0.2) is 0 Å². The third-order valence-electron chi connectivity index (χ3n) is 3.82. The van der Waals surface area contributed by atoms with Crippen LogP contribution in [0, 0.1) is 17.0 Å². The third-order valence-corrected chi connectivity index (χ3v) is 6.08. The number of nitrogens with two attached hydrogens (primary N) is 1. The number of aryl methyl sites for hydroxylation is 1. The summed E-state index contributed by atoms with van der Waals surface area (Å²) in [6.45, 7) is 1.90. The summed E-state index contributed by atoms with van der Waals surface area (Å²) in [6, 6.07) is 9.49. The predicted octanol–water partition coefficient (Wildman–Crippen LogP) is 2.88. The third kappa shape index (κ3) is 4.35. The summed E-state index contributed by atoms with van der Waals surface area (Å²) in [4.78, 5) is 10.1. The fourth-order valence-corrected chi connectivity index (χ4v) is 3.61. The van der Waals surface area contributed by atoms with E-state index in [0.717, 1.165) is 27.6 Å². The van der Waals surface area contributed by atoms with Gasteiger partial charge in [0.1, 0.15) is 0 Å². The first-order chi connectivity index (χ1) is 11.6. The number of nitrogens with zero attached hydrogens (tertiary/aromatic N) is 2. The zero-order valence-corrected chi connectivity index (χ0v) is 15.3. The molecule has 25 heavy (non-hydrogen) atoms. The van der Waals surface area contributed by atoms with Crippen LogP contribution in [0.1, 0.15) is 17.2 Å². The van der Waals surface area contributed by atoms with Crippen molar-refractivity contribution < 1.29 is 13.3 Å². The molecule has 134 valence electrons. The van der Waals surface area contributed by atoms with Gasteiger partial charge in [0.2, 0.25) is 10.0 Å². The van der Waals surface area contributed by atoms with Crippen LogP contribution in [0.3, 0.4) is 0 Å². The lowest BCUT2D eigenvalue weighted by Crippen LogP contribution is -2.34. The molecule has 0 saturated heterocycles. The number of hydrogen-bond acceptors (Lipinski definition) is 5. The van der Waals surface area contributed by atoms with Crippen LogP contribution in [-0.2, 0) is 10.0 Å². The lowest BCUT2D eigenvalue weighted by molar-refractivity contribution is -0.384. The maximum absolute atomic E-state index is 12.6. The van der Waals surface area contributed by atoms with Gasteiger partial charge < -0.3 is 5.73 Å². The smallest absolute Gasteiger partial charge is 0.269 e. The molecule has 0 unspecified atom stereocenters. The van der Waals surface area contributed by atoms with Gasteiger partial charge in [-0.15, -0.1) is 0 Å². The van der Waals surface area contributed by atoms with E-state index >= 15 is 0 Å². The second-order valence-electron chi connectivity index (χ2n) is 5.65. The molecule has 2 aromatic carbocycles. The van der Waals surface area contributed by atoms with Gasteiger partial charge in [-0.05, 0) is 36.2 Å². The first-order valence-electron chi connectivity index (χ1n) is 7.35. The van der Waals surface area contributed by atoms with E-state index in [4.69, 9.17) is 17.3 Å². The van der Waals surface area contributed by atoms with Gasteiger partial charge in [-0.2, -0.15) is 4.31 Å². The van der Waals surface area contributed by atoms with Crippen LogP contribution in [0.15, 0.2) is 47.4 Å².